The molecule has 4 aromatic rings. The third-order valence-electron chi connectivity index (χ3n) is 4.47. The van der Waals surface area contributed by atoms with Gasteiger partial charge in [0.2, 0.25) is 0 Å². The Bertz CT molecular complexity index is 1220. The molecule has 1 atom stereocenters. The van der Waals surface area contributed by atoms with Gasteiger partial charge < -0.3 is 24.3 Å². The summed E-state index contributed by atoms with van der Waals surface area (Å²) in [5.41, 5.74) is 1.50. The summed E-state index contributed by atoms with van der Waals surface area (Å²) in [4.78, 5) is 20.0. The zero-order valence-electron chi connectivity index (χ0n) is 16.3. The summed E-state index contributed by atoms with van der Waals surface area (Å²) in [6, 6.07) is 12.6. The molecule has 2 heterocycles. The highest BCUT2D eigenvalue weighted by molar-refractivity contribution is 6.30. The number of hydrogen-bond donors (Lipinski definition) is 2. The highest BCUT2D eigenvalue weighted by Gasteiger charge is 2.23. The highest BCUT2D eigenvalue weighted by Crippen LogP contribution is 2.41. The van der Waals surface area contributed by atoms with Crippen molar-refractivity contribution in [1.82, 2.24) is 9.97 Å². The van der Waals surface area contributed by atoms with E-state index in [1.165, 1.54) is 14.0 Å². The Morgan fingerprint density at radius 1 is 1.17 bits per heavy atom. The van der Waals surface area contributed by atoms with E-state index in [1.54, 1.807) is 30.5 Å². The quantitative estimate of drug-likeness (QED) is 0.434. The number of pyridine rings is 1. The molecule has 7 nitrogen and oxygen atoms in total. The van der Waals surface area contributed by atoms with Crippen LogP contribution in [0.5, 0.6) is 17.2 Å². The summed E-state index contributed by atoms with van der Waals surface area (Å²) >= 11 is 5.96. The average molecular weight is 427 g/mol. The van der Waals surface area contributed by atoms with Crippen LogP contribution in [-0.4, -0.2) is 40.9 Å². The number of rotatable bonds is 6. The van der Waals surface area contributed by atoms with Crippen molar-refractivity contribution in [2.45, 2.75) is 13.0 Å². The number of ether oxygens (including phenoxy) is 3. The first-order valence-corrected chi connectivity index (χ1v) is 9.61. The minimum atomic E-state index is -0.781. The summed E-state index contributed by atoms with van der Waals surface area (Å²) in [6.07, 6.45) is 0.763. The van der Waals surface area contributed by atoms with Gasteiger partial charge in [0.05, 0.1) is 41.2 Å². The molecule has 0 fully saturated rings. The average Bonchev–Trinajstić information content (AvgIpc) is 3.12. The fourth-order valence-electron chi connectivity index (χ4n) is 3.20. The number of hydrogen-bond acceptors (Lipinski definition) is 6. The molecule has 2 aromatic heterocycles. The number of carbonyl (C=O) groups excluding carboxylic acids is 1. The molecule has 1 unspecified atom stereocenters. The smallest absolute Gasteiger partial charge is 0.360 e. The summed E-state index contributed by atoms with van der Waals surface area (Å²) in [5.74, 6) is 0.779. The van der Waals surface area contributed by atoms with Gasteiger partial charge in [0.1, 0.15) is 18.1 Å². The van der Waals surface area contributed by atoms with Crippen LogP contribution in [0.3, 0.4) is 0 Å². The minimum absolute atomic E-state index is 0.0212. The standard InChI is InChI=1S/C22H19ClN2O5/c1-12(26)11-29-22(27)20-21(28-2)19-16(10-24-20)25-15-4-3-5-17(18(15)19)30-14-8-6-13(23)7-9-14/h3-10,12,25-26H,11H2,1-2H3. The Balaban J connectivity index is 1.86. The van der Waals surface area contributed by atoms with E-state index in [2.05, 4.69) is 9.97 Å². The van der Waals surface area contributed by atoms with Crippen LogP contribution in [0.25, 0.3) is 21.8 Å². The van der Waals surface area contributed by atoms with E-state index in [0.717, 1.165) is 10.9 Å². The SMILES string of the molecule is COc1c(C(=O)OCC(C)O)ncc2[nH]c3cccc(Oc4ccc(Cl)cc4)c3c12. The summed E-state index contributed by atoms with van der Waals surface area (Å²) in [7, 11) is 1.46. The number of carbonyl (C=O) groups is 1. The summed E-state index contributed by atoms with van der Waals surface area (Å²) in [5, 5.41) is 11.4. The molecular formula is C22H19ClN2O5. The number of aliphatic hydroxyl groups is 1. The number of nitrogens with one attached hydrogen (secondary N) is 1. The molecule has 0 bridgehead atoms. The first-order chi connectivity index (χ1) is 14.5. The first kappa shape index (κ1) is 20.0. The van der Waals surface area contributed by atoms with Gasteiger partial charge in [0.25, 0.3) is 0 Å². The van der Waals surface area contributed by atoms with E-state index < -0.39 is 12.1 Å². The van der Waals surface area contributed by atoms with Crippen molar-refractivity contribution in [3.05, 3.63) is 59.4 Å². The molecule has 30 heavy (non-hydrogen) atoms. The Morgan fingerprint density at radius 2 is 1.93 bits per heavy atom. The molecule has 0 aliphatic heterocycles. The fourth-order valence-corrected chi connectivity index (χ4v) is 3.32. The number of aromatic nitrogens is 2. The van der Waals surface area contributed by atoms with Gasteiger partial charge >= 0.3 is 5.97 Å². The van der Waals surface area contributed by atoms with Crippen molar-refractivity contribution in [2.75, 3.05) is 13.7 Å². The topological polar surface area (TPSA) is 93.7 Å². The number of benzene rings is 2. The lowest BCUT2D eigenvalue weighted by Gasteiger charge is -2.11. The second-order valence-corrected chi connectivity index (χ2v) is 7.17. The molecule has 154 valence electrons. The van der Waals surface area contributed by atoms with E-state index in [-0.39, 0.29) is 18.1 Å². The monoisotopic (exact) mass is 426 g/mol. The molecule has 2 N–H and O–H groups in total. The van der Waals surface area contributed by atoms with E-state index in [1.807, 2.05) is 18.2 Å². The highest BCUT2D eigenvalue weighted by atomic mass is 35.5. The zero-order chi connectivity index (χ0) is 21.3. The normalized spacial score (nSPS) is 12.1. The van der Waals surface area contributed by atoms with Crippen molar-refractivity contribution >= 4 is 39.4 Å². The molecule has 0 aliphatic carbocycles. The number of aliphatic hydroxyl groups excluding tert-OH is 1. The Labute approximate surface area is 177 Å². The van der Waals surface area contributed by atoms with Crippen LogP contribution in [0.4, 0.5) is 0 Å². The molecule has 0 spiro atoms. The lowest BCUT2D eigenvalue weighted by molar-refractivity contribution is 0.0287. The van der Waals surface area contributed by atoms with Gasteiger partial charge in [0, 0.05) is 5.02 Å². The van der Waals surface area contributed by atoms with Crippen LogP contribution in [0.1, 0.15) is 17.4 Å². The Hall–Kier alpha value is -3.29. The maximum absolute atomic E-state index is 12.5. The molecule has 0 saturated heterocycles. The van der Waals surface area contributed by atoms with E-state index >= 15 is 0 Å². The van der Waals surface area contributed by atoms with Crippen molar-refractivity contribution < 1.29 is 24.1 Å². The van der Waals surface area contributed by atoms with Crippen molar-refractivity contribution in [3.8, 4) is 17.2 Å². The lowest BCUT2D eigenvalue weighted by Crippen LogP contribution is -2.17. The summed E-state index contributed by atoms with van der Waals surface area (Å²) in [6.45, 7) is 1.39. The van der Waals surface area contributed by atoms with Gasteiger partial charge in [-0.25, -0.2) is 9.78 Å². The molecule has 2 aromatic carbocycles. The molecule has 4 rings (SSSR count). The van der Waals surface area contributed by atoms with Gasteiger partial charge in [-0.15, -0.1) is 0 Å². The van der Waals surface area contributed by atoms with Crippen LogP contribution in [0.15, 0.2) is 48.7 Å². The van der Waals surface area contributed by atoms with Crippen molar-refractivity contribution in [2.24, 2.45) is 0 Å². The number of esters is 1. The number of halogens is 1. The Morgan fingerprint density at radius 3 is 2.63 bits per heavy atom. The number of H-pyrrole nitrogens is 1. The second kappa shape index (κ2) is 8.22. The van der Waals surface area contributed by atoms with Crippen LogP contribution >= 0.6 is 11.6 Å². The minimum Gasteiger partial charge on any atom is -0.493 e. The molecule has 0 aliphatic rings. The predicted molar refractivity (Wildman–Crippen MR) is 114 cm³/mol. The molecule has 0 radical (unpaired) electrons. The van der Waals surface area contributed by atoms with Gasteiger partial charge in [-0.3, -0.25) is 0 Å². The number of methoxy groups -OCH3 is 1. The van der Waals surface area contributed by atoms with Crippen LogP contribution in [0.2, 0.25) is 5.02 Å². The molecule has 0 saturated carbocycles. The van der Waals surface area contributed by atoms with Crippen molar-refractivity contribution in [1.29, 1.82) is 0 Å². The fraction of sp³-hybridized carbons (Fsp3) is 0.182. The summed E-state index contributed by atoms with van der Waals surface area (Å²) < 4.78 is 16.8. The van der Waals surface area contributed by atoms with Crippen LogP contribution < -0.4 is 9.47 Å². The third-order valence-corrected chi connectivity index (χ3v) is 4.73. The van der Waals surface area contributed by atoms with Gasteiger partial charge in [0.15, 0.2) is 11.4 Å². The van der Waals surface area contributed by atoms with Gasteiger partial charge in [-0.2, -0.15) is 0 Å². The van der Waals surface area contributed by atoms with E-state index in [0.29, 0.717) is 27.4 Å². The third kappa shape index (κ3) is 3.77. The molecule has 0 amide bonds. The van der Waals surface area contributed by atoms with E-state index in [4.69, 9.17) is 25.8 Å². The van der Waals surface area contributed by atoms with Crippen molar-refractivity contribution in [3.63, 3.8) is 0 Å². The number of aromatic amines is 1. The van der Waals surface area contributed by atoms with E-state index in [9.17, 15) is 9.90 Å². The number of nitrogens with zero attached hydrogens (tertiary/aromatic N) is 1. The first-order valence-electron chi connectivity index (χ1n) is 9.24. The maximum atomic E-state index is 12.5. The molecule has 8 heteroatoms. The van der Waals surface area contributed by atoms with Gasteiger partial charge in [-0.05, 0) is 43.3 Å². The number of fused-ring (bicyclic) bond motifs is 3. The maximum Gasteiger partial charge on any atom is 0.360 e. The molecular weight excluding hydrogens is 408 g/mol. The second-order valence-electron chi connectivity index (χ2n) is 6.74. The lowest BCUT2D eigenvalue weighted by atomic mass is 10.1. The van der Waals surface area contributed by atoms with Gasteiger partial charge in [-0.1, -0.05) is 17.7 Å². The zero-order valence-corrected chi connectivity index (χ0v) is 17.1. The van der Waals surface area contributed by atoms with Crippen LogP contribution in [-0.2, 0) is 4.74 Å². The predicted octanol–water partition coefficient (Wildman–Crippen LogP) is 4.71. The Kier molecular flexibility index (Phi) is 5.48. The largest absolute Gasteiger partial charge is 0.493 e. The van der Waals surface area contributed by atoms with Crippen LogP contribution in [0, 0.1) is 0 Å².